The van der Waals surface area contributed by atoms with E-state index >= 15 is 0 Å². The van der Waals surface area contributed by atoms with Gasteiger partial charge in [0.1, 0.15) is 5.82 Å². The lowest BCUT2D eigenvalue weighted by Gasteiger charge is -2.09. The Morgan fingerprint density at radius 3 is 2.59 bits per heavy atom. The third kappa shape index (κ3) is 5.04. The van der Waals surface area contributed by atoms with Gasteiger partial charge in [-0.25, -0.2) is 4.39 Å². The van der Waals surface area contributed by atoms with Crippen molar-refractivity contribution in [2.75, 3.05) is 12.3 Å². The predicted octanol–water partition coefficient (Wildman–Crippen LogP) is 2.84. The first-order valence-corrected chi connectivity index (χ1v) is 5.20. The van der Waals surface area contributed by atoms with Crippen molar-refractivity contribution in [2.24, 2.45) is 0 Å². The molecule has 1 rings (SSSR count). The summed E-state index contributed by atoms with van der Waals surface area (Å²) >= 11 is 0. The molecule has 0 saturated heterocycles. The Kier molecular flexibility index (Phi) is 4.74. The average Bonchev–Trinajstić information content (AvgIpc) is 2.22. The van der Waals surface area contributed by atoms with Crippen molar-refractivity contribution in [2.45, 2.75) is 25.6 Å². The van der Waals surface area contributed by atoms with Gasteiger partial charge < -0.3 is 11.1 Å². The fourth-order valence-corrected chi connectivity index (χ4v) is 1.37. The van der Waals surface area contributed by atoms with Gasteiger partial charge in [-0.1, -0.05) is 12.1 Å². The van der Waals surface area contributed by atoms with Crippen LogP contribution >= 0.6 is 0 Å². The van der Waals surface area contributed by atoms with Crippen molar-refractivity contribution >= 4 is 5.69 Å². The number of nitrogen functional groups attached to an aromatic ring is 1. The molecule has 0 amide bonds. The van der Waals surface area contributed by atoms with Crippen molar-refractivity contribution in [3.8, 4) is 0 Å². The number of nitrogens with two attached hydrogens (primary N) is 1. The number of para-hydroxylation sites is 1. The molecule has 0 radical (unpaired) electrons. The Hall–Kier alpha value is -1.30. The maximum absolute atomic E-state index is 13.0. The molecule has 1 aromatic carbocycles. The number of anilines is 1. The molecule has 0 aliphatic heterocycles. The zero-order valence-corrected chi connectivity index (χ0v) is 9.15. The van der Waals surface area contributed by atoms with Crippen LogP contribution in [0.2, 0.25) is 0 Å². The monoisotopic (exact) mass is 250 g/mol. The number of halogens is 4. The van der Waals surface area contributed by atoms with Crippen LogP contribution in [0.3, 0.4) is 0 Å². The molecule has 0 unspecified atom stereocenters. The largest absolute Gasteiger partial charge is 0.396 e. The molecule has 0 bridgehead atoms. The highest BCUT2D eigenvalue weighted by Crippen LogP contribution is 2.21. The minimum Gasteiger partial charge on any atom is -0.396 e. The van der Waals surface area contributed by atoms with Gasteiger partial charge in [0.2, 0.25) is 0 Å². The Bertz CT molecular complexity index is 363. The number of nitrogens with one attached hydrogen (secondary N) is 1. The zero-order valence-electron chi connectivity index (χ0n) is 9.15. The number of rotatable bonds is 5. The van der Waals surface area contributed by atoms with E-state index < -0.39 is 18.4 Å². The molecule has 0 aliphatic carbocycles. The second-order valence-electron chi connectivity index (χ2n) is 3.71. The second-order valence-corrected chi connectivity index (χ2v) is 3.71. The van der Waals surface area contributed by atoms with Crippen LogP contribution in [-0.2, 0) is 6.54 Å². The SMILES string of the molecule is Nc1c(F)cccc1CNCCCC(F)(F)F. The van der Waals surface area contributed by atoms with Gasteiger partial charge in [-0.3, -0.25) is 0 Å². The maximum atomic E-state index is 13.0. The fourth-order valence-electron chi connectivity index (χ4n) is 1.37. The Balaban J connectivity index is 2.29. The van der Waals surface area contributed by atoms with E-state index in [-0.39, 0.29) is 25.2 Å². The van der Waals surface area contributed by atoms with E-state index in [4.69, 9.17) is 5.73 Å². The van der Waals surface area contributed by atoms with Gasteiger partial charge in [0.15, 0.2) is 0 Å². The molecule has 0 fully saturated rings. The highest BCUT2D eigenvalue weighted by Gasteiger charge is 2.25. The van der Waals surface area contributed by atoms with E-state index in [1.807, 2.05) is 0 Å². The van der Waals surface area contributed by atoms with Gasteiger partial charge in [0.25, 0.3) is 0 Å². The third-order valence-corrected chi connectivity index (χ3v) is 2.27. The van der Waals surface area contributed by atoms with Crippen LogP contribution in [0.25, 0.3) is 0 Å². The zero-order chi connectivity index (χ0) is 12.9. The summed E-state index contributed by atoms with van der Waals surface area (Å²) in [6.07, 6.45) is -4.95. The molecule has 0 spiro atoms. The molecule has 0 aromatic heterocycles. The lowest BCUT2D eigenvalue weighted by atomic mass is 10.1. The van der Waals surface area contributed by atoms with Crippen LogP contribution < -0.4 is 11.1 Å². The summed E-state index contributed by atoms with van der Waals surface area (Å²) < 4.78 is 48.5. The minimum atomic E-state index is -4.13. The molecule has 0 saturated carbocycles. The van der Waals surface area contributed by atoms with Crippen molar-refractivity contribution in [1.82, 2.24) is 5.32 Å². The standard InChI is InChI=1S/C11H14F4N2/c12-9-4-1-3-8(10(9)16)7-17-6-2-5-11(13,14)15/h1,3-4,17H,2,5-7,16H2. The van der Waals surface area contributed by atoms with Gasteiger partial charge >= 0.3 is 6.18 Å². The van der Waals surface area contributed by atoms with Crippen molar-refractivity contribution in [3.05, 3.63) is 29.6 Å². The summed E-state index contributed by atoms with van der Waals surface area (Å²) in [5.74, 6) is -0.514. The minimum absolute atomic E-state index is 0.00127. The molecule has 1 aromatic rings. The van der Waals surface area contributed by atoms with Crippen LogP contribution in [0.4, 0.5) is 23.2 Å². The predicted molar refractivity (Wildman–Crippen MR) is 57.8 cm³/mol. The topological polar surface area (TPSA) is 38.0 Å². The molecule has 3 N–H and O–H groups in total. The van der Waals surface area contributed by atoms with Crippen LogP contribution in [0.5, 0.6) is 0 Å². The lowest BCUT2D eigenvalue weighted by molar-refractivity contribution is -0.135. The highest BCUT2D eigenvalue weighted by atomic mass is 19.4. The molecule has 2 nitrogen and oxygen atoms in total. The highest BCUT2D eigenvalue weighted by molar-refractivity contribution is 5.47. The summed E-state index contributed by atoms with van der Waals surface area (Å²) in [7, 11) is 0. The van der Waals surface area contributed by atoms with Crippen LogP contribution in [0.1, 0.15) is 18.4 Å². The number of benzene rings is 1. The number of alkyl halides is 3. The van der Waals surface area contributed by atoms with Crippen LogP contribution in [0.15, 0.2) is 18.2 Å². The normalized spacial score (nSPS) is 11.8. The molecule has 0 aliphatic rings. The van der Waals surface area contributed by atoms with E-state index in [2.05, 4.69) is 5.32 Å². The van der Waals surface area contributed by atoms with E-state index in [1.54, 1.807) is 6.07 Å². The first-order chi connectivity index (χ1) is 7.90. The van der Waals surface area contributed by atoms with Crippen LogP contribution in [0, 0.1) is 5.82 Å². The van der Waals surface area contributed by atoms with Gasteiger partial charge in [0.05, 0.1) is 5.69 Å². The maximum Gasteiger partial charge on any atom is 0.389 e. The Morgan fingerprint density at radius 2 is 1.94 bits per heavy atom. The summed E-state index contributed by atoms with van der Waals surface area (Å²) in [4.78, 5) is 0. The van der Waals surface area contributed by atoms with E-state index in [0.29, 0.717) is 5.56 Å². The van der Waals surface area contributed by atoms with Crippen molar-refractivity contribution in [1.29, 1.82) is 0 Å². The van der Waals surface area contributed by atoms with Gasteiger partial charge in [-0.2, -0.15) is 13.2 Å². The Labute approximate surface area is 96.8 Å². The number of hydrogen-bond acceptors (Lipinski definition) is 2. The summed E-state index contributed by atoms with van der Waals surface area (Å²) in [6, 6.07) is 4.38. The summed E-state index contributed by atoms with van der Waals surface area (Å²) in [5.41, 5.74) is 6.06. The molecular formula is C11H14F4N2. The quantitative estimate of drug-likeness (QED) is 0.479. The molecule has 0 atom stereocenters. The molecular weight excluding hydrogens is 236 g/mol. The number of hydrogen-bond donors (Lipinski definition) is 2. The van der Waals surface area contributed by atoms with Gasteiger partial charge in [0, 0.05) is 13.0 Å². The average molecular weight is 250 g/mol. The van der Waals surface area contributed by atoms with E-state index in [0.717, 1.165) is 0 Å². The molecule has 17 heavy (non-hydrogen) atoms. The fraction of sp³-hybridized carbons (Fsp3) is 0.455. The molecule has 96 valence electrons. The lowest BCUT2D eigenvalue weighted by Crippen LogP contribution is -2.18. The van der Waals surface area contributed by atoms with Crippen molar-refractivity contribution in [3.63, 3.8) is 0 Å². The summed E-state index contributed by atoms with van der Waals surface area (Å²) in [5, 5.41) is 2.80. The molecule has 0 heterocycles. The van der Waals surface area contributed by atoms with E-state index in [1.165, 1.54) is 12.1 Å². The summed E-state index contributed by atoms with van der Waals surface area (Å²) in [6.45, 7) is 0.483. The van der Waals surface area contributed by atoms with Gasteiger partial charge in [-0.05, 0) is 24.6 Å². The third-order valence-electron chi connectivity index (χ3n) is 2.27. The Morgan fingerprint density at radius 1 is 1.24 bits per heavy atom. The van der Waals surface area contributed by atoms with Crippen molar-refractivity contribution < 1.29 is 17.6 Å². The van der Waals surface area contributed by atoms with Gasteiger partial charge in [-0.15, -0.1) is 0 Å². The first kappa shape index (κ1) is 13.8. The first-order valence-electron chi connectivity index (χ1n) is 5.20. The molecule has 6 heteroatoms. The second kappa shape index (κ2) is 5.86. The smallest absolute Gasteiger partial charge is 0.389 e. The van der Waals surface area contributed by atoms with E-state index in [9.17, 15) is 17.6 Å². The van der Waals surface area contributed by atoms with Crippen LogP contribution in [-0.4, -0.2) is 12.7 Å².